The maximum Gasteiger partial charge on any atom is 0.296 e. The van der Waals surface area contributed by atoms with Gasteiger partial charge in [-0.3, -0.25) is 13.8 Å². The number of hydrogen-bond acceptors (Lipinski definition) is 7. The van der Waals surface area contributed by atoms with Gasteiger partial charge in [0.05, 0.1) is 22.2 Å². The zero-order valence-corrected chi connectivity index (χ0v) is 16.6. The summed E-state index contributed by atoms with van der Waals surface area (Å²) in [5.74, 6) is -0.0760. The molecule has 2 rings (SSSR count). The number of benzene rings is 2. The first kappa shape index (κ1) is 21.9. The minimum Gasteiger partial charge on any atom is -0.298 e. The summed E-state index contributed by atoms with van der Waals surface area (Å²) in [6.45, 7) is -0.0636. The van der Waals surface area contributed by atoms with Gasteiger partial charge in [0.15, 0.2) is 9.84 Å². The molecule has 9 heteroatoms. The van der Waals surface area contributed by atoms with Crippen molar-refractivity contribution in [3.8, 4) is 0 Å². The van der Waals surface area contributed by atoms with Gasteiger partial charge in [0.25, 0.3) is 10.1 Å². The van der Waals surface area contributed by atoms with E-state index in [4.69, 9.17) is 4.18 Å². The number of rotatable bonds is 11. The minimum atomic E-state index is -3.91. The Kier molecular flexibility index (Phi) is 7.61. The fourth-order valence-electron chi connectivity index (χ4n) is 2.39. The van der Waals surface area contributed by atoms with Gasteiger partial charge in [0, 0.05) is 11.1 Å². The van der Waals surface area contributed by atoms with Gasteiger partial charge in [-0.25, -0.2) is 8.42 Å². The Labute approximate surface area is 164 Å². The predicted octanol–water partition coefficient (Wildman–Crippen LogP) is 2.66. The van der Waals surface area contributed by atoms with Crippen LogP contribution in [0.25, 0.3) is 0 Å². The highest BCUT2D eigenvalue weighted by atomic mass is 32.2. The van der Waals surface area contributed by atoms with Crippen LogP contribution in [0.5, 0.6) is 0 Å². The third kappa shape index (κ3) is 6.08. The third-order valence-electron chi connectivity index (χ3n) is 3.98. The van der Waals surface area contributed by atoms with Crippen LogP contribution in [-0.2, 0) is 24.1 Å². The molecule has 7 nitrogen and oxygen atoms in total. The second-order valence-electron chi connectivity index (χ2n) is 6.03. The maximum atomic E-state index is 12.2. The maximum absolute atomic E-state index is 12.2. The van der Waals surface area contributed by atoms with Crippen LogP contribution in [0.1, 0.15) is 40.0 Å². The van der Waals surface area contributed by atoms with Gasteiger partial charge >= 0.3 is 0 Å². The molecule has 0 bridgehead atoms. The lowest BCUT2D eigenvalue weighted by Crippen LogP contribution is -2.09. The number of carbonyl (C=O) groups excluding carboxylic acids is 2. The van der Waals surface area contributed by atoms with E-state index in [0.717, 1.165) is 0 Å². The largest absolute Gasteiger partial charge is 0.298 e. The topological polar surface area (TPSA) is 112 Å². The molecule has 0 fully saturated rings. The van der Waals surface area contributed by atoms with Gasteiger partial charge in [-0.05, 0) is 37.1 Å². The second kappa shape index (κ2) is 9.72. The fourth-order valence-corrected chi connectivity index (χ4v) is 4.71. The molecule has 0 amide bonds. The van der Waals surface area contributed by atoms with E-state index in [1.54, 1.807) is 0 Å². The molecular weight excluding hydrogens is 404 g/mol. The van der Waals surface area contributed by atoms with Gasteiger partial charge in [-0.1, -0.05) is 30.7 Å². The molecule has 2 aromatic carbocycles. The van der Waals surface area contributed by atoms with E-state index in [0.29, 0.717) is 43.0 Å². The summed E-state index contributed by atoms with van der Waals surface area (Å²) < 4.78 is 53.4. The van der Waals surface area contributed by atoms with Crippen LogP contribution in [0.4, 0.5) is 0 Å². The van der Waals surface area contributed by atoms with Crippen molar-refractivity contribution in [1.29, 1.82) is 0 Å². The highest BCUT2D eigenvalue weighted by molar-refractivity contribution is 7.91. The molecule has 0 aliphatic carbocycles. The molecule has 0 unspecified atom stereocenters. The van der Waals surface area contributed by atoms with Crippen molar-refractivity contribution in [2.75, 3.05) is 12.4 Å². The molecule has 150 valence electrons. The predicted molar refractivity (Wildman–Crippen MR) is 103 cm³/mol. The van der Waals surface area contributed by atoms with Gasteiger partial charge in [-0.2, -0.15) is 8.42 Å². The van der Waals surface area contributed by atoms with Crippen molar-refractivity contribution in [2.24, 2.45) is 0 Å². The molecule has 2 aromatic rings. The molecular formula is C19H20O7S2. The molecule has 0 saturated carbocycles. The van der Waals surface area contributed by atoms with Crippen LogP contribution in [-0.4, -0.2) is 41.8 Å². The Balaban J connectivity index is 1.77. The van der Waals surface area contributed by atoms with E-state index in [1.165, 1.54) is 48.5 Å². The van der Waals surface area contributed by atoms with E-state index in [-0.39, 0.29) is 22.2 Å². The van der Waals surface area contributed by atoms with Gasteiger partial charge in [0.1, 0.15) is 12.6 Å². The Morgan fingerprint density at radius 3 is 1.68 bits per heavy atom. The van der Waals surface area contributed by atoms with E-state index < -0.39 is 20.0 Å². The van der Waals surface area contributed by atoms with Gasteiger partial charge in [0.2, 0.25) is 0 Å². The van der Waals surface area contributed by atoms with Gasteiger partial charge in [-0.15, -0.1) is 0 Å². The first-order valence-electron chi connectivity index (χ1n) is 8.51. The lowest BCUT2D eigenvalue weighted by Gasteiger charge is -2.07. The summed E-state index contributed by atoms with van der Waals surface area (Å²) in [5.41, 5.74) is 0.763. The Hall–Kier alpha value is -2.36. The number of hydrogen-bond donors (Lipinski definition) is 0. The van der Waals surface area contributed by atoms with Gasteiger partial charge < -0.3 is 0 Å². The lowest BCUT2D eigenvalue weighted by atomic mass is 10.2. The lowest BCUT2D eigenvalue weighted by molar-refractivity contribution is 0.111. The number of aldehydes is 2. The number of unbranched alkanes of at least 4 members (excludes halogenated alkanes) is 2. The van der Waals surface area contributed by atoms with Crippen LogP contribution in [0, 0.1) is 0 Å². The van der Waals surface area contributed by atoms with Crippen molar-refractivity contribution in [2.45, 2.75) is 29.1 Å². The molecule has 0 aromatic heterocycles. The summed E-state index contributed by atoms with van der Waals surface area (Å²) in [6, 6.07) is 11.0. The smallest absolute Gasteiger partial charge is 0.296 e. The summed E-state index contributed by atoms with van der Waals surface area (Å²) in [4.78, 5) is 21.3. The van der Waals surface area contributed by atoms with Crippen LogP contribution in [0.15, 0.2) is 58.3 Å². The van der Waals surface area contributed by atoms with Crippen molar-refractivity contribution in [1.82, 2.24) is 0 Å². The summed E-state index contributed by atoms with van der Waals surface area (Å²) >= 11 is 0. The number of sulfone groups is 1. The van der Waals surface area contributed by atoms with E-state index in [2.05, 4.69) is 0 Å². The van der Waals surface area contributed by atoms with E-state index >= 15 is 0 Å². The molecule has 0 heterocycles. The Morgan fingerprint density at radius 2 is 1.18 bits per heavy atom. The quantitative estimate of drug-likeness (QED) is 0.310. The fraction of sp³-hybridized carbons (Fsp3) is 0.263. The highest BCUT2D eigenvalue weighted by Crippen LogP contribution is 2.16. The highest BCUT2D eigenvalue weighted by Gasteiger charge is 2.16. The molecule has 0 aliphatic heterocycles. The third-order valence-corrected chi connectivity index (χ3v) is 7.12. The summed E-state index contributed by atoms with van der Waals surface area (Å²) in [6.07, 6.45) is 2.47. The molecule has 28 heavy (non-hydrogen) atoms. The monoisotopic (exact) mass is 424 g/mol. The minimum absolute atomic E-state index is 0.0422. The standard InChI is InChI=1S/C19H20O7S2/c20-14-16-4-8-18(9-5-16)27(22,23)13-3-1-2-12-26-28(24,25)19-10-6-17(15-21)7-11-19/h4-11,14-15H,1-3,12-13H2. The molecule has 0 atom stereocenters. The van der Waals surface area contributed by atoms with Crippen molar-refractivity contribution < 1.29 is 30.6 Å². The first-order valence-corrected chi connectivity index (χ1v) is 11.6. The molecule has 0 spiro atoms. The van der Waals surface area contributed by atoms with Crippen LogP contribution in [0.3, 0.4) is 0 Å². The zero-order valence-electron chi connectivity index (χ0n) is 15.0. The SMILES string of the molecule is O=Cc1ccc(S(=O)(=O)CCCCCOS(=O)(=O)c2ccc(C=O)cc2)cc1. The number of carbonyl (C=O) groups is 2. The van der Waals surface area contributed by atoms with Crippen LogP contribution in [0.2, 0.25) is 0 Å². The van der Waals surface area contributed by atoms with Crippen molar-refractivity contribution >= 4 is 32.5 Å². The summed E-state index contributed by atoms with van der Waals surface area (Å²) in [5, 5.41) is 0. The average molecular weight is 424 g/mol. The van der Waals surface area contributed by atoms with Crippen molar-refractivity contribution in [3.63, 3.8) is 0 Å². The Morgan fingerprint density at radius 1 is 0.679 bits per heavy atom. The summed E-state index contributed by atoms with van der Waals surface area (Å²) in [7, 11) is -7.37. The second-order valence-corrected chi connectivity index (χ2v) is 9.75. The molecule has 0 aliphatic rings. The zero-order chi connectivity index (χ0) is 20.6. The van der Waals surface area contributed by atoms with E-state index in [1.807, 2.05) is 0 Å². The molecule has 0 radical (unpaired) electrons. The van der Waals surface area contributed by atoms with Crippen LogP contribution >= 0.6 is 0 Å². The average Bonchev–Trinajstić information content (AvgIpc) is 2.70. The Bertz CT molecular complexity index is 921. The molecule has 0 saturated heterocycles. The molecule has 0 N–H and O–H groups in total. The van der Waals surface area contributed by atoms with E-state index in [9.17, 15) is 26.4 Å². The van der Waals surface area contributed by atoms with Crippen LogP contribution < -0.4 is 0 Å². The van der Waals surface area contributed by atoms with Crippen molar-refractivity contribution in [3.05, 3.63) is 59.7 Å². The normalized spacial score (nSPS) is 11.9. The first-order chi connectivity index (χ1) is 13.3.